The number of hydrogen-bond acceptors (Lipinski definition) is 3. The number of aliphatic imine (C=N–C) groups is 1. The number of guanidine groups is 1. The van der Waals surface area contributed by atoms with Crippen LogP contribution in [-0.2, 0) is 11.2 Å². The van der Waals surface area contributed by atoms with Gasteiger partial charge in [0.05, 0.1) is 13.2 Å². The Morgan fingerprint density at radius 1 is 1.17 bits per heavy atom. The third-order valence-electron chi connectivity index (χ3n) is 4.73. The summed E-state index contributed by atoms with van der Waals surface area (Å²) in [7, 11) is 0. The van der Waals surface area contributed by atoms with Gasteiger partial charge in [-0.2, -0.15) is 0 Å². The fraction of sp³-hybridized carbons (Fsp3) is 0.632. The fourth-order valence-corrected chi connectivity index (χ4v) is 3.41. The maximum Gasteiger partial charge on any atom is 0.198 e. The van der Waals surface area contributed by atoms with E-state index in [0.717, 1.165) is 64.7 Å². The molecule has 0 spiro atoms. The molecule has 0 bridgehead atoms. The van der Waals surface area contributed by atoms with Crippen LogP contribution in [0.1, 0.15) is 25.3 Å². The largest absolute Gasteiger partial charge is 0.379 e. The van der Waals surface area contributed by atoms with Crippen LogP contribution >= 0.6 is 0 Å². The second-order valence-corrected chi connectivity index (χ2v) is 6.43. The van der Waals surface area contributed by atoms with Gasteiger partial charge in [-0.15, -0.1) is 0 Å². The van der Waals surface area contributed by atoms with E-state index >= 15 is 0 Å². The molecule has 0 atom stereocenters. The number of benzene rings is 1. The monoisotopic (exact) mass is 330 g/mol. The van der Waals surface area contributed by atoms with Crippen LogP contribution in [0.2, 0.25) is 0 Å². The minimum Gasteiger partial charge on any atom is -0.379 e. The Hall–Kier alpha value is -1.59. The molecule has 0 amide bonds. The molecule has 0 radical (unpaired) electrons. The first kappa shape index (κ1) is 17.2. The second kappa shape index (κ2) is 9.04. The number of morpholine rings is 1. The lowest BCUT2D eigenvalue weighted by atomic mass is 10.2. The van der Waals surface area contributed by atoms with Crippen molar-refractivity contribution in [1.82, 2.24) is 10.2 Å². The number of fused-ring (bicyclic) bond motifs is 1. The number of unbranched alkanes of at least 4 members (excludes halogenated alkanes) is 1. The van der Waals surface area contributed by atoms with E-state index in [-0.39, 0.29) is 0 Å². The summed E-state index contributed by atoms with van der Waals surface area (Å²) in [6.07, 6.45) is 3.46. The van der Waals surface area contributed by atoms with E-state index < -0.39 is 0 Å². The van der Waals surface area contributed by atoms with Gasteiger partial charge in [0.25, 0.3) is 0 Å². The van der Waals surface area contributed by atoms with Gasteiger partial charge in [-0.3, -0.25) is 9.89 Å². The van der Waals surface area contributed by atoms with E-state index in [0.29, 0.717) is 0 Å². The Bertz CT molecular complexity index is 540. The van der Waals surface area contributed by atoms with Crippen molar-refractivity contribution in [3.63, 3.8) is 0 Å². The molecule has 0 aliphatic carbocycles. The lowest BCUT2D eigenvalue weighted by Crippen LogP contribution is -2.40. The number of rotatable bonds is 6. The van der Waals surface area contributed by atoms with Crippen molar-refractivity contribution in [1.29, 1.82) is 0 Å². The van der Waals surface area contributed by atoms with Crippen LogP contribution in [0.15, 0.2) is 29.3 Å². The van der Waals surface area contributed by atoms with Gasteiger partial charge in [0.2, 0.25) is 0 Å². The first-order chi connectivity index (χ1) is 11.9. The van der Waals surface area contributed by atoms with Crippen molar-refractivity contribution in [2.24, 2.45) is 4.99 Å². The Morgan fingerprint density at radius 2 is 2.00 bits per heavy atom. The fourth-order valence-electron chi connectivity index (χ4n) is 3.41. The van der Waals surface area contributed by atoms with Gasteiger partial charge in [0.15, 0.2) is 5.96 Å². The summed E-state index contributed by atoms with van der Waals surface area (Å²) in [5, 5.41) is 3.45. The van der Waals surface area contributed by atoms with Crippen molar-refractivity contribution < 1.29 is 4.74 Å². The Labute approximate surface area is 145 Å². The van der Waals surface area contributed by atoms with Gasteiger partial charge in [-0.05, 0) is 44.4 Å². The van der Waals surface area contributed by atoms with Gasteiger partial charge in [0.1, 0.15) is 0 Å². The van der Waals surface area contributed by atoms with Crippen molar-refractivity contribution >= 4 is 11.6 Å². The van der Waals surface area contributed by atoms with Crippen molar-refractivity contribution in [2.45, 2.75) is 26.2 Å². The highest BCUT2D eigenvalue weighted by atomic mass is 16.5. The topological polar surface area (TPSA) is 40.1 Å². The molecule has 0 saturated carbocycles. The predicted molar refractivity (Wildman–Crippen MR) is 100.0 cm³/mol. The highest BCUT2D eigenvalue weighted by molar-refractivity contribution is 5.97. The van der Waals surface area contributed by atoms with E-state index in [1.54, 1.807) is 0 Å². The Morgan fingerprint density at radius 3 is 2.83 bits per heavy atom. The van der Waals surface area contributed by atoms with Crippen LogP contribution in [0.4, 0.5) is 5.69 Å². The third-order valence-corrected chi connectivity index (χ3v) is 4.73. The normalized spacial score (nSPS) is 18.7. The van der Waals surface area contributed by atoms with Gasteiger partial charge in [-0.1, -0.05) is 18.2 Å². The van der Waals surface area contributed by atoms with Crippen LogP contribution in [0.3, 0.4) is 0 Å². The smallest absolute Gasteiger partial charge is 0.198 e. The van der Waals surface area contributed by atoms with Crippen molar-refractivity contribution in [3.8, 4) is 0 Å². The molecule has 132 valence electrons. The molecule has 3 rings (SSSR count). The zero-order chi connectivity index (χ0) is 16.6. The number of anilines is 1. The zero-order valence-corrected chi connectivity index (χ0v) is 14.8. The number of nitrogens with one attached hydrogen (secondary N) is 1. The molecular formula is C19H30N4O. The lowest BCUT2D eigenvalue weighted by molar-refractivity contribution is 0.0373. The van der Waals surface area contributed by atoms with Crippen LogP contribution in [0.5, 0.6) is 0 Å². The summed E-state index contributed by atoms with van der Waals surface area (Å²) >= 11 is 0. The van der Waals surface area contributed by atoms with E-state index in [4.69, 9.17) is 9.73 Å². The van der Waals surface area contributed by atoms with Crippen molar-refractivity contribution in [3.05, 3.63) is 29.8 Å². The van der Waals surface area contributed by atoms with E-state index in [2.05, 4.69) is 46.3 Å². The summed E-state index contributed by atoms with van der Waals surface area (Å²) in [6, 6.07) is 8.66. The van der Waals surface area contributed by atoms with Gasteiger partial charge >= 0.3 is 0 Å². The molecule has 2 heterocycles. The molecule has 5 nitrogen and oxygen atoms in total. The molecular weight excluding hydrogens is 300 g/mol. The Kier molecular flexibility index (Phi) is 6.49. The summed E-state index contributed by atoms with van der Waals surface area (Å²) in [4.78, 5) is 9.69. The number of hydrogen-bond donors (Lipinski definition) is 1. The standard InChI is InChI=1S/C19H30N4O/c1-2-20-19(23-12-9-17-7-3-4-8-18(17)23)21-10-5-6-11-22-13-15-24-16-14-22/h3-4,7-8H,2,5-6,9-16H2,1H3,(H,20,21). The second-order valence-electron chi connectivity index (χ2n) is 6.43. The van der Waals surface area contributed by atoms with E-state index in [1.165, 1.54) is 24.2 Å². The SMILES string of the molecule is CCNC(=NCCCCN1CCOCC1)N1CCc2ccccc21. The molecule has 0 aromatic heterocycles. The summed E-state index contributed by atoms with van der Waals surface area (Å²) in [6.45, 7) is 10.1. The maximum absolute atomic E-state index is 5.39. The summed E-state index contributed by atoms with van der Waals surface area (Å²) < 4.78 is 5.39. The average molecular weight is 330 g/mol. The quantitative estimate of drug-likeness (QED) is 0.493. The number of ether oxygens (including phenoxy) is 1. The van der Waals surface area contributed by atoms with Crippen LogP contribution in [-0.4, -0.2) is 63.3 Å². The molecule has 1 saturated heterocycles. The first-order valence-electron chi connectivity index (χ1n) is 9.32. The van der Waals surface area contributed by atoms with E-state index in [9.17, 15) is 0 Å². The molecule has 1 fully saturated rings. The van der Waals surface area contributed by atoms with Gasteiger partial charge in [-0.25, -0.2) is 0 Å². The van der Waals surface area contributed by atoms with Gasteiger partial charge in [0, 0.05) is 38.4 Å². The molecule has 2 aliphatic rings. The molecule has 1 N–H and O–H groups in total. The average Bonchev–Trinajstić information content (AvgIpc) is 3.05. The zero-order valence-electron chi connectivity index (χ0n) is 14.8. The molecule has 2 aliphatic heterocycles. The molecule has 1 aromatic rings. The minimum absolute atomic E-state index is 0.886. The molecule has 5 heteroatoms. The van der Waals surface area contributed by atoms with Crippen LogP contribution < -0.4 is 10.2 Å². The highest BCUT2D eigenvalue weighted by Gasteiger charge is 2.22. The first-order valence-corrected chi connectivity index (χ1v) is 9.32. The van der Waals surface area contributed by atoms with Crippen LogP contribution in [0.25, 0.3) is 0 Å². The maximum atomic E-state index is 5.39. The number of para-hydroxylation sites is 1. The summed E-state index contributed by atoms with van der Waals surface area (Å²) in [5.41, 5.74) is 2.74. The van der Waals surface area contributed by atoms with E-state index in [1.807, 2.05) is 0 Å². The molecule has 0 unspecified atom stereocenters. The highest BCUT2D eigenvalue weighted by Crippen LogP contribution is 2.27. The predicted octanol–water partition coefficient (Wildman–Crippen LogP) is 2.13. The van der Waals surface area contributed by atoms with Gasteiger partial charge < -0.3 is 15.0 Å². The third kappa shape index (κ3) is 4.48. The molecule has 24 heavy (non-hydrogen) atoms. The number of nitrogens with zero attached hydrogens (tertiary/aromatic N) is 3. The lowest BCUT2D eigenvalue weighted by Gasteiger charge is -2.26. The molecule has 1 aromatic carbocycles. The Balaban J connectivity index is 1.49. The van der Waals surface area contributed by atoms with Crippen molar-refractivity contribution in [2.75, 3.05) is 57.4 Å². The summed E-state index contributed by atoms with van der Waals surface area (Å²) in [5.74, 6) is 1.04. The minimum atomic E-state index is 0.886. The van der Waals surface area contributed by atoms with Crippen LogP contribution in [0, 0.1) is 0 Å².